The Morgan fingerprint density at radius 1 is 1.20 bits per heavy atom. The van der Waals surface area contributed by atoms with E-state index >= 15 is 0 Å². The summed E-state index contributed by atoms with van der Waals surface area (Å²) in [5, 5.41) is 0.655. The Kier molecular flexibility index (Phi) is 4.34. The van der Waals surface area contributed by atoms with Gasteiger partial charge in [0.25, 0.3) is 10.1 Å². The molecule has 0 spiro atoms. The molecule has 0 atom stereocenters. The van der Waals surface area contributed by atoms with Crippen LogP contribution in [0, 0.1) is 6.92 Å². The van der Waals surface area contributed by atoms with Crippen LogP contribution in [0.25, 0.3) is 0 Å². The average Bonchev–Trinajstić information content (AvgIpc) is 2.32. The number of hydrogen-bond donors (Lipinski definition) is 1. The Bertz CT molecular complexity index is 760. The molecule has 1 N–H and O–H groups in total. The molecule has 0 bridgehead atoms. The Morgan fingerprint density at radius 2 is 1.90 bits per heavy atom. The molecule has 7 heteroatoms. The monoisotopic (exact) mass is 331 g/mol. The number of aromatic nitrogens is 1. The predicted molar refractivity (Wildman–Crippen MR) is 78.1 cm³/mol. The Balaban J connectivity index is 2.53. The highest BCUT2D eigenvalue weighted by atomic mass is 35.5. The quantitative estimate of drug-likeness (QED) is 0.690. The predicted octanol–water partition coefficient (Wildman–Crippen LogP) is 3.53. The molecule has 106 valence electrons. The van der Waals surface area contributed by atoms with Gasteiger partial charge in [0.1, 0.15) is 5.15 Å². The third-order valence-corrected chi connectivity index (χ3v) is 4.28. The zero-order valence-electron chi connectivity index (χ0n) is 10.5. The van der Waals surface area contributed by atoms with Gasteiger partial charge in [-0.25, -0.2) is 4.98 Å². The Labute approximate surface area is 127 Å². The van der Waals surface area contributed by atoms with E-state index in [1.165, 1.54) is 12.3 Å². The molecule has 0 unspecified atom stereocenters. The zero-order chi connectivity index (χ0) is 14.9. The van der Waals surface area contributed by atoms with Crippen molar-refractivity contribution in [2.45, 2.75) is 18.2 Å². The summed E-state index contributed by atoms with van der Waals surface area (Å²) in [7, 11) is -4.29. The largest absolute Gasteiger partial charge is 0.294 e. The van der Waals surface area contributed by atoms with Crippen LogP contribution in [0.1, 0.15) is 16.7 Å². The molecule has 0 saturated heterocycles. The maximum atomic E-state index is 11.4. The second-order valence-corrected chi connectivity index (χ2v) is 6.55. The van der Waals surface area contributed by atoms with Gasteiger partial charge < -0.3 is 0 Å². The van der Waals surface area contributed by atoms with Gasteiger partial charge in [0.2, 0.25) is 0 Å². The van der Waals surface area contributed by atoms with E-state index in [0.29, 0.717) is 16.1 Å². The van der Waals surface area contributed by atoms with E-state index in [9.17, 15) is 13.0 Å². The first-order valence-electron chi connectivity index (χ1n) is 5.64. The Morgan fingerprint density at radius 3 is 2.55 bits per heavy atom. The first kappa shape index (κ1) is 15.3. The van der Waals surface area contributed by atoms with Gasteiger partial charge in [-0.15, -0.1) is 0 Å². The summed E-state index contributed by atoms with van der Waals surface area (Å²) >= 11 is 11.8. The lowest BCUT2D eigenvalue weighted by molar-refractivity contribution is 0.482. The summed E-state index contributed by atoms with van der Waals surface area (Å²) in [6.07, 6.45) is 1.64. The lowest BCUT2D eigenvalue weighted by atomic mass is 10.0. The number of rotatable bonds is 3. The summed E-state index contributed by atoms with van der Waals surface area (Å²) in [4.78, 5) is 3.70. The molecule has 2 aromatic rings. The number of halogens is 2. The molecule has 0 radical (unpaired) electrons. The van der Waals surface area contributed by atoms with Gasteiger partial charge in [0, 0.05) is 12.6 Å². The highest BCUT2D eigenvalue weighted by Gasteiger charge is 2.16. The molecule has 4 nitrogen and oxygen atoms in total. The lowest BCUT2D eigenvalue weighted by Gasteiger charge is -2.10. The van der Waals surface area contributed by atoms with E-state index in [0.717, 1.165) is 5.56 Å². The van der Waals surface area contributed by atoms with E-state index in [1.807, 2.05) is 6.92 Å². The maximum Gasteiger partial charge on any atom is 0.294 e. The second-order valence-electron chi connectivity index (χ2n) is 4.36. The van der Waals surface area contributed by atoms with E-state index in [2.05, 4.69) is 4.98 Å². The van der Waals surface area contributed by atoms with Crippen molar-refractivity contribution in [2.24, 2.45) is 0 Å². The minimum Gasteiger partial charge on any atom is -0.282 e. The van der Waals surface area contributed by atoms with Crippen LogP contribution in [0.4, 0.5) is 0 Å². The van der Waals surface area contributed by atoms with E-state index in [4.69, 9.17) is 23.2 Å². The molecule has 2 rings (SSSR count). The van der Waals surface area contributed by atoms with Crippen molar-refractivity contribution in [2.75, 3.05) is 0 Å². The first-order valence-corrected chi connectivity index (χ1v) is 7.84. The van der Waals surface area contributed by atoms with E-state index in [1.54, 1.807) is 18.2 Å². The highest BCUT2D eigenvalue weighted by Crippen LogP contribution is 2.25. The standard InChI is InChI=1S/C13H11Cl2NO3S/c1-8-2-3-12(20(17,18)19)10(4-8)5-9-6-13(15)16-7-11(9)14/h2-4,6-7H,5H2,1H3,(H,17,18,19). The topological polar surface area (TPSA) is 67.3 Å². The van der Waals surface area contributed by atoms with Gasteiger partial charge in [-0.3, -0.25) is 4.55 Å². The molecule has 0 saturated carbocycles. The van der Waals surface area contributed by atoms with Crippen LogP contribution < -0.4 is 0 Å². The molecule has 1 aromatic carbocycles. The van der Waals surface area contributed by atoms with Crippen molar-refractivity contribution in [1.82, 2.24) is 4.98 Å². The van der Waals surface area contributed by atoms with Gasteiger partial charge in [-0.05, 0) is 30.2 Å². The van der Waals surface area contributed by atoms with Crippen LogP contribution in [0.3, 0.4) is 0 Å². The SMILES string of the molecule is Cc1ccc(S(=O)(=O)O)c(Cc2cc(Cl)ncc2Cl)c1. The molecule has 20 heavy (non-hydrogen) atoms. The van der Waals surface area contributed by atoms with Crippen LogP contribution >= 0.6 is 23.2 Å². The fourth-order valence-electron chi connectivity index (χ4n) is 1.89. The Hall–Kier alpha value is -1.14. The normalized spacial score (nSPS) is 11.6. The zero-order valence-corrected chi connectivity index (χ0v) is 12.8. The maximum absolute atomic E-state index is 11.4. The number of nitrogens with zero attached hydrogens (tertiary/aromatic N) is 1. The van der Waals surface area contributed by atoms with Crippen LogP contribution in [-0.2, 0) is 16.5 Å². The van der Waals surface area contributed by atoms with Gasteiger partial charge in [-0.1, -0.05) is 40.9 Å². The second kappa shape index (κ2) is 5.69. The number of aryl methyl sites for hydroxylation is 1. The fourth-order valence-corrected chi connectivity index (χ4v) is 2.94. The minimum atomic E-state index is -4.29. The van der Waals surface area contributed by atoms with Crippen LogP contribution in [0.2, 0.25) is 10.2 Å². The van der Waals surface area contributed by atoms with Crippen molar-refractivity contribution in [1.29, 1.82) is 0 Å². The van der Waals surface area contributed by atoms with Crippen LogP contribution in [-0.4, -0.2) is 18.0 Å². The van der Waals surface area contributed by atoms with Crippen molar-refractivity contribution < 1.29 is 13.0 Å². The lowest BCUT2D eigenvalue weighted by Crippen LogP contribution is -2.04. The molecule has 0 amide bonds. The molecule has 0 fully saturated rings. The van der Waals surface area contributed by atoms with Crippen LogP contribution in [0.15, 0.2) is 35.4 Å². The minimum absolute atomic E-state index is 0.132. The van der Waals surface area contributed by atoms with Gasteiger partial charge in [0.05, 0.1) is 9.92 Å². The van der Waals surface area contributed by atoms with Crippen molar-refractivity contribution in [3.63, 3.8) is 0 Å². The molecule has 0 aliphatic rings. The molecule has 0 aliphatic heterocycles. The molecular formula is C13H11Cl2NO3S. The molecule has 1 aromatic heterocycles. The molecule has 1 heterocycles. The number of benzene rings is 1. The third-order valence-electron chi connectivity index (χ3n) is 2.78. The first-order chi connectivity index (χ1) is 9.27. The van der Waals surface area contributed by atoms with Gasteiger partial charge >= 0.3 is 0 Å². The number of hydrogen-bond acceptors (Lipinski definition) is 3. The number of pyridine rings is 1. The van der Waals surface area contributed by atoms with Gasteiger partial charge in [0.15, 0.2) is 0 Å². The molecular weight excluding hydrogens is 321 g/mol. The van der Waals surface area contributed by atoms with Crippen molar-refractivity contribution >= 4 is 33.3 Å². The summed E-state index contributed by atoms with van der Waals surface area (Å²) in [6.45, 7) is 1.83. The summed E-state index contributed by atoms with van der Waals surface area (Å²) in [5.41, 5.74) is 1.97. The summed E-state index contributed by atoms with van der Waals surface area (Å²) < 4.78 is 32.0. The highest BCUT2D eigenvalue weighted by molar-refractivity contribution is 7.85. The van der Waals surface area contributed by atoms with Crippen molar-refractivity contribution in [3.8, 4) is 0 Å². The van der Waals surface area contributed by atoms with Gasteiger partial charge in [-0.2, -0.15) is 8.42 Å². The van der Waals surface area contributed by atoms with Crippen LogP contribution in [0.5, 0.6) is 0 Å². The summed E-state index contributed by atoms with van der Waals surface area (Å²) in [6, 6.07) is 6.25. The van der Waals surface area contributed by atoms with Crippen molar-refractivity contribution in [3.05, 3.63) is 57.3 Å². The van der Waals surface area contributed by atoms with E-state index in [-0.39, 0.29) is 16.5 Å². The van der Waals surface area contributed by atoms with E-state index < -0.39 is 10.1 Å². The summed E-state index contributed by atoms with van der Waals surface area (Å²) in [5.74, 6) is 0. The molecule has 0 aliphatic carbocycles. The fraction of sp³-hybridized carbons (Fsp3) is 0.154. The average molecular weight is 332 g/mol. The smallest absolute Gasteiger partial charge is 0.282 e. The third kappa shape index (κ3) is 3.49.